The van der Waals surface area contributed by atoms with Crippen LogP contribution in [0.25, 0.3) is 0 Å². The zero-order valence-electron chi connectivity index (χ0n) is 9.10. The van der Waals surface area contributed by atoms with Crippen LogP contribution < -0.4 is 0 Å². The molecule has 0 aliphatic carbocycles. The number of halogens is 1. The molecule has 0 heterocycles. The van der Waals surface area contributed by atoms with Crippen molar-refractivity contribution < 1.29 is 4.79 Å². The Balaban J connectivity index is 3.02. The summed E-state index contributed by atoms with van der Waals surface area (Å²) >= 11 is 5.15. The molecule has 0 saturated carbocycles. The molecule has 0 unspecified atom stereocenters. The number of allylic oxidation sites excluding steroid dienone is 2. The molecule has 0 radical (unpaired) electrons. The second-order valence-corrected chi connectivity index (χ2v) is 3.99. The molecule has 0 spiro atoms. The molecule has 1 nitrogen and oxygen atoms in total. The van der Waals surface area contributed by atoms with E-state index >= 15 is 0 Å². The zero-order valence-corrected chi connectivity index (χ0v) is 9.85. The first kappa shape index (κ1) is 13.7. The summed E-state index contributed by atoms with van der Waals surface area (Å²) in [6.45, 7) is 2.23. The molecule has 0 bridgehead atoms. The van der Waals surface area contributed by atoms with Crippen molar-refractivity contribution in [3.63, 3.8) is 0 Å². The van der Waals surface area contributed by atoms with E-state index in [4.69, 9.17) is 11.6 Å². The second kappa shape index (κ2) is 10.8. The van der Waals surface area contributed by atoms with Crippen molar-refractivity contribution in [2.45, 2.75) is 58.3 Å². The Morgan fingerprint density at radius 2 is 1.64 bits per heavy atom. The van der Waals surface area contributed by atoms with Crippen molar-refractivity contribution in [1.29, 1.82) is 0 Å². The summed E-state index contributed by atoms with van der Waals surface area (Å²) in [5.41, 5.74) is 0. The van der Waals surface area contributed by atoms with Crippen LogP contribution in [0.1, 0.15) is 58.3 Å². The lowest BCUT2D eigenvalue weighted by molar-refractivity contribution is -0.107. The third-order valence-corrected chi connectivity index (χ3v) is 2.35. The van der Waals surface area contributed by atoms with Crippen LogP contribution in [0.3, 0.4) is 0 Å². The maximum atomic E-state index is 10.3. The lowest BCUT2D eigenvalue weighted by Crippen LogP contribution is -1.80. The summed E-state index contributed by atoms with van der Waals surface area (Å²) in [6.07, 6.45) is 13.4. The fourth-order valence-corrected chi connectivity index (χ4v) is 1.48. The van der Waals surface area contributed by atoms with Crippen molar-refractivity contribution in [1.82, 2.24) is 0 Å². The second-order valence-electron chi connectivity index (χ2n) is 3.62. The van der Waals surface area contributed by atoms with Crippen LogP contribution in [0.2, 0.25) is 0 Å². The molecule has 0 saturated heterocycles. The van der Waals surface area contributed by atoms with Crippen molar-refractivity contribution in [3.05, 3.63) is 12.2 Å². The van der Waals surface area contributed by atoms with Gasteiger partial charge in [0, 0.05) is 0 Å². The van der Waals surface area contributed by atoms with E-state index in [1.54, 1.807) is 0 Å². The molecule has 0 atom stereocenters. The topological polar surface area (TPSA) is 17.1 Å². The first-order chi connectivity index (χ1) is 6.77. The molecular weight excluding hydrogens is 196 g/mol. The molecule has 0 aliphatic heterocycles. The van der Waals surface area contributed by atoms with Crippen LogP contribution in [0.5, 0.6) is 0 Å². The van der Waals surface area contributed by atoms with Crippen LogP contribution in [0.15, 0.2) is 12.2 Å². The van der Waals surface area contributed by atoms with Gasteiger partial charge in [-0.3, -0.25) is 4.79 Å². The van der Waals surface area contributed by atoms with Crippen molar-refractivity contribution in [3.8, 4) is 0 Å². The van der Waals surface area contributed by atoms with E-state index < -0.39 is 0 Å². The Bertz CT molecular complexity index is 164. The molecule has 0 amide bonds. The van der Waals surface area contributed by atoms with Gasteiger partial charge in [0.2, 0.25) is 5.24 Å². The van der Waals surface area contributed by atoms with Gasteiger partial charge in [0.15, 0.2) is 0 Å². The fraction of sp³-hybridized carbons (Fsp3) is 0.750. The third kappa shape index (κ3) is 11.7. The normalized spacial score (nSPS) is 11.0. The zero-order chi connectivity index (χ0) is 10.6. The summed E-state index contributed by atoms with van der Waals surface area (Å²) < 4.78 is 0. The Hall–Kier alpha value is -0.300. The van der Waals surface area contributed by atoms with Crippen LogP contribution in [-0.4, -0.2) is 5.24 Å². The van der Waals surface area contributed by atoms with E-state index in [1.165, 1.54) is 51.0 Å². The third-order valence-electron chi connectivity index (χ3n) is 2.22. The van der Waals surface area contributed by atoms with E-state index in [1.807, 2.05) is 6.08 Å². The van der Waals surface area contributed by atoms with Gasteiger partial charge in [-0.1, -0.05) is 51.5 Å². The molecule has 0 rings (SSSR count). The van der Waals surface area contributed by atoms with E-state index in [-0.39, 0.29) is 5.24 Å². The van der Waals surface area contributed by atoms with E-state index in [0.717, 1.165) is 6.42 Å². The first-order valence-electron chi connectivity index (χ1n) is 5.63. The first-order valence-corrected chi connectivity index (χ1v) is 6.01. The number of carbonyl (C=O) groups is 1. The average molecular weight is 217 g/mol. The molecule has 0 aromatic carbocycles. The largest absolute Gasteiger partial charge is 0.276 e. The van der Waals surface area contributed by atoms with Crippen molar-refractivity contribution >= 4 is 16.8 Å². The van der Waals surface area contributed by atoms with Crippen LogP contribution in [0, 0.1) is 0 Å². The molecule has 0 aliphatic rings. The van der Waals surface area contributed by atoms with E-state index in [9.17, 15) is 4.79 Å². The maximum absolute atomic E-state index is 10.3. The lowest BCUT2D eigenvalue weighted by Gasteiger charge is -1.98. The number of rotatable bonds is 9. The molecule has 0 aromatic rings. The Kier molecular flexibility index (Phi) is 10.5. The number of carbonyl (C=O) groups excluding carboxylic acids is 1. The summed E-state index contributed by atoms with van der Waals surface area (Å²) in [5, 5.41) is -0.368. The van der Waals surface area contributed by atoms with Gasteiger partial charge in [-0.15, -0.1) is 0 Å². The highest BCUT2D eigenvalue weighted by molar-refractivity contribution is 6.66. The van der Waals surface area contributed by atoms with Crippen molar-refractivity contribution in [2.75, 3.05) is 0 Å². The Labute approximate surface area is 92.5 Å². The molecule has 82 valence electrons. The van der Waals surface area contributed by atoms with Gasteiger partial charge >= 0.3 is 0 Å². The average Bonchev–Trinajstić information content (AvgIpc) is 2.15. The minimum Gasteiger partial charge on any atom is -0.276 e. The Morgan fingerprint density at radius 3 is 2.21 bits per heavy atom. The summed E-state index contributed by atoms with van der Waals surface area (Å²) in [4.78, 5) is 10.3. The molecule has 0 aromatic heterocycles. The number of hydrogen-bond acceptors (Lipinski definition) is 1. The summed E-state index contributed by atoms with van der Waals surface area (Å²) in [5.74, 6) is 0. The Morgan fingerprint density at radius 1 is 1.07 bits per heavy atom. The lowest BCUT2D eigenvalue weighted by atomic mass is 10.1. The smallest absolute Gasteiger partial charge is 0.244 e. The van der Waals surface area contributed by atoms with Gasteiger partial charge in [-0.25, -0.2) is 0 Å². The summed E-state index contributed by atoms with van der Waals surface area (Å²) in [7, 11) is 0. The predicted molar refractivity (Wildman–Crippen MR) is 62.6 cm³/mol. The van der Waals surface area contributed by atoms with Crippen LogP contribution in [-0.2, 0) is 4.79 Å². The monoisotopic (exact) mass is 216 g/mol. The van der Waals surface area contributed by atoms with E-state index in [0.29, 0.717) is 0 Å². The van der Waals surface area contributed by atoms with Gasteiger partial charge < -0.3 is 0 Å². The highest BCUT2D eigenvalue weighted by Crippen LogP contribution is 2.08. The van der Waals surface area contributed by atoms with Crippen LogP contribution >= 0.6 is 11.6 Å². The quantitative estimate of drug-likeness (QED) is 0.316. The molecule has 0 N–H and O–H groups in total. The highest BCUT2D eigenvalue weighted by atomic mass is 35.5. The van der Waals surface area contributed by atoms with Gasteiger partial charge in [0.05, 0.1) is 0 Å². The van der Waals surface area contributed by atoms with Crippen LogP contribution in [0.4, 0.5) is 0 Å². The standard InChI is InChI=1S/C12H21ClO/c1-2-3-4-5-6-7-8-9-10-11-12(13)14/h10-11H,2-9H2,1H3. The van der Waals surface area contributed by atoms with Gasteiger partial charge in [0.25, 0.3) is 0 Å². The SMILES string of the molecule is CCCCCCCCCC=CC(=O)Cl. The summed E-state index contributed by atoms with van der Waals surface area (Å²) in [6, 6.07) is 0. The molecular formula is C12H21ClO. The molecule has 0 fully saturated rings. The highest BCUT2D eigenvalue weighted by Gasteiger charge is 1.90. The predicted octanol–water partition coefficient (Wildman–Crippen LogP) is 4.45. The van der Waals surface area contributed by atoms with Gasteiger partial charge in [-0.05, 0) is 30.5 Å². The molecule has 14 heavy (non-hydrogen) atoms. The van der Waals surface area contributed by atoms with Gasteiger partial charge in [-0.2, -0.15) is 0 Å². The molecule has 2 heteroatoms. The number of hydrogen-bond donors (Lipinski definition) is 0. The van der Waals surface area contributed by atoms with Gasteiger partial charge in [0.1, 0.15) is 0 Å². The van der Waals surface area contributed by atoms with Crippen molar-refractivity contribution in [2.24, 2.45) is 0 Å². The maximum Gasteiger partial charge on any atom is 0.244 e. The fourth-order valence-electron chi connectivity index (χ4n) is 1.40. The number of unbranched alkanes of at least 4 members (excludes halogenated alkanes) is 7. The van der Waals surface area contributed by atoms with E-state index in [2.05, 4.69) is 6.92 Å². The minimum atomic E-state index is -0.368. The minimum absolute atomic E-state index is 0.368.